The number of ether oxygens (including phenoxy) is 1. The summed E-state index contributed by atoms with van der Waals surface area (Å²) in [5.41, 5.74) is 2.16. The second-order valence-corrected chi connectivity index (χ2v) is 5.45. The molecule has 0 amide bonds. The van der Waals surface area contributed by atoms with Crippen LogP contribution in [-0.2, 0) is 0 Å². The molecule has 0 radical (unpaired) electrons. The largest absolute Gasteiger partial charge is 0.494 e. The van der Waals surface area contributed by atoms with E-state index < -0.39 is 0 Å². The minimum atomic E-state index is 0.707. The lowest BCUT2D eigenvalue weighted by atomic mass is 10.1. The van der Waals surface area contributed by atoms with Crippen LogP contribution in [0.2, 0.25) is 5.02 Å². The molecule has 1 atom stereocenters. The second-order valence-electron chi connectivity index (χ2n) is 5.01. The highest BCUT2D eigenvalue weighted by Crippen LogP contribution is 2.34. The molecule has 1 heterocycles. The third-order valence-electron chi connectivity index (χ3n) is 3.53. The number of hydrogen-bond acceptors (Lipinski definition) is 3. The number of benzene rings is 1. The van der Waals surface area contributed by atoms with Gasteiger partial charge in [-0.3, -0.25) is 0 Å². The Hall–Kier alpha value is -0.930. The fourth-order valence-electron chi connectivity index (χ4n) is 2.62. The predicted octanol–water partition coefficient (Wildman–Crippen LogP) is 2.70. The fraction of sp³-hybridized carbons (Fsp3) is 0.571. The van der Waals surface area contributed by atoms with E-state index in [9.17, 15) is 0 Å². The molecule has 1 aliphatic heterocycles. The SMILES string of the molecule is COc1c(C)cc(Cl)cc1N(C)CC1CCNC1. The van der Waals surface area contributed by atoms with Crippen molar-refractivity contribution in [1.29, 1.82) is 0 Å². The van der Waals surface area contributed by atoms with Gasteiger partial charge in [0.2, 0.25) is 0 Å². The number of nitrogens with zero attached hydrogens (tertiary/aromatic N) is 1. The smallest absolute Gasteiger partial charge is 0.145 e. The van der Waals surface area contributed by atoms with E-state index in [1.807, 2.05) is 19.1 Å². The highest BCUT2D eigenvalue weighted by Gasteiger charge is 2.19. The molecule has 0 aliphatic carbocycles. The van der Waals surface area contributed by atoms with Crippen LogP contribution >= 0.6 is 11.6 Å². The van der Waals surface area contributed by atoms with Crippen LogP contribution in [0, 0.1) is 12.8 Å². The average Bonchev–Trinajstić information content (AvgIpc) is 2.80. The molecule has 1 unspecified atom stereocenters. The molecule has 1 saturated heterocycles. The molecule has 18 heavy (non-hydrogen) atoms. The van der Waals surface area contributed by atoms with Crippen LogP contribution in [0.15, 0.2) is 12.1 Å². The summed E-state index contributed by atoms with van der Waals surface area (Å²) in [6.07, 6.45) is 1.24. The number of nitrogens with one attached hydrogen (secondary N) is 1. The van der Waals surface area contributed by atoms with Crippen molar-refractivity contribution in [1.82, 2.24) is 5.32 Å². The maximum atomic E-state index is 6.15. The maximum absolute atomic E-state index is 6.15. The van der Waals surface area contributed by atoms with Gasteiger partial charge in [0.15, 0.2) is 0 Å². The lowest BCUT2D eigenvalue weighted by Gasteiger charge is -2.25. The summed E-state index contributed by atoms with van der Waals surface area (Å²) in [5, 5.41) is 4.16. The number of rotatable bonds is 4. The van der Waals surface area contributed by atoms with Gasteiger partial charge in [0.25, 0.3) is 0 Å². The molecule has 0 bridgehead atoms. The summed E-state index contributed by atoms with van der Waals surface area (Å²) >= 11 is 6.15. The number of halogens is 1. The maximum Gasteiger partial charge on any atom is 0.145 e. The first kappa shape index (κ1) is 13.5. The van der Waals surface area contributed by atoms with Gasteiger partial charge < -0.3 is 15.0 Å². The first-order chi connectivity index (χ1) is 8.61. The lowest BCUT2D eigenvalue weighted by molar-refractivity contribution is 0.411. The molecular formula is C14H21ClN2O. The van der Waals surface area contributed by atoms with Gasteiger partial charge in [-0.1, -0.05) is 11.6 Å². The first-order valence-electron chi connectivity index (χ1n) is 6.37. The van der Waals surface area contributed by atoms with Gasteiger partial charge in [-0.15, -0.1) is 0 Å². The normalized spacial score (nSPS) is 19.0. The van der Waals surface area contributed by atoms with Crippen molar-refractivity contribution in [3.8, 4) is 5.75 Å². The number of methoxy groups -OCH3 is 1. The second kappa shape index (κ2) is 5.81. The summed E-state index contributed by atoms with van der Waals surface area (Å²) < 4.78 is 5.50. The topological polar surface area (TPSA) is 24.5 Å². The summed E-state index contributed by atoms with van der Waals surface area (Å²) in [4.78, 5) is 2.25. The van der Waals surface area contributed by atoms with Gasteiger partial charge in [0.1, 0.15) is 5.75 Å². The summed E-state index contributed by atoms with van der Waals surface area (Å²) in [5.74, 6) is 1.63. The van der Waals surface area contributed by atoms with Gasteiger partial charge in [-0.05, 0) is 50.0 Å². The fourth-order valence-corrected chi connectivity index (χ4v) is 2.88. The zero-order valence-corrected chi connectivity index (χ0v) is 12.0. The van der Waals surface area contributed by atoms with Crippen LogP contribution in [0.25, 0.3) is 0 Å². The van der Waals surface area contributed by atoms with E-state index >= 15 is 0 Å². The highest BCUT2D eigenvalue weighted by molar-refractivity contribution is 6.31. The Bertz CT molecular complexity index is 417. The molecule has 4 heteroatoms. The summed E-state index contributed by atoms with van der Waals surface area (Å²) in [7, 11) is 3.82. The lowest BCUT2D eigenvalue weighted by Crippen LogP contribution is -2.27. The highest BCUT2D eigenvalue weighted by atomic mass is 35.5. The van der Waals surface area contributed by atoms with Crippen LogP contribution in [0.3, 0.4) is 0 Å². The van der Waals surface area contributed by atoms with Gasteiger partial charge in [-0.2, -0.15) is 0 Å². The molecule has 1 aromatic carbocycles. The van der Waals surface area contributed by atoms with Crippen LogP contribution < -0.4 is 15.0 Å². The average molecular weight is 269 g/mol. The molecular weight excluding hydrogens is 248 g/mol. The standard InChI is InChI=1S/C14H21ClN2O/c1-10-6-12(15)7-13(14(10)18-3)17(2)9-11-4-5-16-8-11/h6-7,11,16H,4-5,8-9H2,1-3H3. The molecule has 0 saturated carbocycles. The molecule has 3 nitrogen and oxygen atoms in total. The van der Waals surface area contributed by atoms with Gasteiger partial charge in [-0.25, -0.2) is 0 Å². The molecule has 1 N–H and O–H groups in total. The molecule has 0 spiro atoms. The van der Waals surface area contributed by atoms with Crippen LogP contribution in [-0.4, -0.2) is 33.8 Å². The van der Waals surface area contributed by atoms with E-state index in [1.54, 1.807) is 7.11 Å². The zero-order chi connectivity index (χ0) is 13.1. The van der Waals surface area contributed by atoms with E-state index in [0.29, 0.717) is 5.92 Å². The summed E-state index contributed by atoms with van der Waals surface area (Å²) in [6.45, 7) is 5.29. The van der Waals surface area contributed by atoms with Crippen molar-refractivity contribution < 1.29 is 4.74 Å². The Kier molecular flexibility index (Phi) is 4.36. The van der Waals surface area contributed by atoms with Gasteiger partial charge >= 0.3 is 0 Å². The Labute approximate surface area is 114 Å². The van der Waals surface area contributed by atoms with Crippen LogP contribution in [0.4, 0.5) is 5.69 Å². The molecule has 0 aromatic heterocycles. The Morgan fingerprint density at radius 1 is 1.50 bits per heavy atom. The van der Waals surface area contributed by atoms with E-state index in [2.05, 4.69) is 17.3 Å². The molecule has 1 aliphatic rings. The first-order valence-corrected chi connectivity index (χ1v) is 6.75. The zero-order valence-electron chi connectivity index (χ0n) is 11.3. The number of anilines is 1. The van der Waals surface area contributed by atoms with Crippen molar-refractivity contribution in [2.45, 2.75) is 13.3 Å². The minimum Gasteiger partial charge on any atom is -0.494 e. The van der Waals surface area contributed by atoms with Crippen molar-refractivity contribution in [3.63, 3.8) is 0 Å². The van der Waals surface area contributed by atoms with Crippen molar-refractivity contribution in [2.75, 3.05) is 38.7 Å². The van der Waals surface area contributed by atoms with Crippen LogP contribution in [0.5, 0.6) is 5.75 Å². The predicted molar refractivity (Wildman–Crippen MR) is 77.0 cm³/mol. The molecule has 2 rings (SSSR count). The number of hydrogen-bond donors (Lipinski definition) is 1. The monoisotopic (exact) mass is 268 g/mol. The Morgan fingerprint density at radius 3 is 2.89 bits per heavy atom. The quantitative estimate of drug-likeness (QED) is 0.909. The van der Waals surface area contributed by atoms with Gasteiger partial charge in [0.05, 0.1) is 12.8 Å². The molecule has 1 fully saturated rings. The van der Waals surface area contributed by atoms with E-state index in [1.165, 1.54) is 6.42 Å². The third kappa shape index (κ3) is 2.90. The Morgan fingerprint density at radius 2 is 2.28 bits per heavy atom. The van der Waals surface area contributed by atoms with Gasteiger partial charge in [0, 0.05) is 18.6 Å². The Balaban J connectivity index is 2.19. The van der Waals surface area contributed by atoms with E-state index in [-0.39, 0.29) is 0 Å². The van der Waals surface area contributed by atoms with Crippen molar-refractivity contribution in [2.24, 2.45) is 5.92 Å². The van der Waals surface area contributed by atoms with E-state index in [4.69, 9.17) is 16.3 Å². The third-order valence-corrected chi connectivity index (χ3v) is 3.75. The van der Waals surface area contributed by atoms with Crippen LogP contribution in [0.1, 0.15) is 12.0 Å². The van der Waals surface area contributed by atoms with Crippen molar-refractivity contribution in [3.05, 3.63) is 22.7 Å². The molecule has 100 valence electrons. The van der Waals surface area contributed by atoms with E-state index in [0.717, 1.165) is 41.7 Å². The number of aryl methyl sites for hydroxylation is 1. The molecule has 1 aromatic rings. The summed E-state index contributed by atoms with van der Waals surface area (Å²) in [6, 6.07) is 3.92. The van der Waals surface area contributed by atoms with Crippen molar-refractivity contribution >= 4 is 17.3 Å². The minimum absolute atomic E-state index is 0.707.